The molecule has 2 N–H and O–H groups in total. The number of carbonyl (C=O) groups excluding carboxylic acids is 3. The van der Waals surface area contributed by atoms with Crippen molar-refractivity contribution < 1.29 is 28.0 Å². The quantitative estimate of drug-likeness (QED) is 0.550. The SMILES string of the molecule is O=C(/C=C/c1ccco1)NCCC(=O)Nc1c(C(=O)N2CCOCC2)oc2ccccc12. The molecule has 1 aromatic carbocycles. The van der Waals surface area contributed by atoms with Crippen molar-refractivity contribution in [1.29, 1.82) is 0 Å². The molecule has 0 spiro atoms. The number of nitrogens with zero attached hydrogens (tertiary/aromatic N) is 1. The van der Waals surface area contributed by atoms with Gasteiger partial charge in [0.2, 0.25) is 17.6 Å². The summed E-state index contributed by atoms with van der Waals surface area (Å²) in [6.07, 6.45) is 4.42. The van der Waals surface area contributed by atoms with Crippen molar-refractivity contribution in [1.82, 2.24) is 10.2 Å². The molecule has 0 atom stereocenters. The summed E-state index contributed by atoms with van der Waals surface area (Å²) in [6, 6.07) is 10.6. The predicted octanol–water partition coefficient (Wildman–Crippen LogP) is 2.66. The van der Waals surface area contributed by atoms with Crippen LogP contribution in [0, 0.1) is 0 Å². The van der Waals surface area contributed by atoms with Gasteiger partial charge >= 0.3 is 0 Å². The smallest absolute Gasteiger partial charge is 0.291 e. The first-order chi connectivity index (χ1) is 15.6. The lowest BCUT2D eigenvalue weighted by atomic mass is 10.2. The average molecular weight is 437 g/mol. The number of rotatable bonds is 7. The Morgan fingerprint density at radius 1 is 1.06 bits per heavy atom. The zero-order chi connectivity index (χ0) is 22.3. The standard InChI is InChI=1S/C23H23N3O6/c27-19(8-7-16-4-3-13-31-16)24-10-9-20(28)25-21-17-5-1-2-6-18(17)32-22(21)23(29)26-11-14-30-15-12-26/h1-8,13H,9-12,14-15H2,(H,24,27)(H,25,28)/b8-7+. The Morgan fingerprint density at radius 3 is 2.66 bits per heavy atom. The molecule has 1 fully saturated rings. The van der Waals surface area contributed by atoms with Gasteiger partial charge in [-0.3, -0.25) is 14.4 Å². The highest BCUT2D eigenvalue weighted by molar-refractivity contribution is 6.10. The van der Waals surface area contributed by atoms with E-state index in [1.807, 2.05) is 6.07 Å². The van der Waals surface area contributed by atoms with E-state index < -0.39 is 0 Å². The lowest BCUT2D eigenvalue weighted by Crippen LogP contribution is -2.40. The molecule has 2 aromatic heterocycles. The highest BCUT2D eigenvalue weighted by Crippen LogP contribution is 2.32. The van der Waals surface area contributed by atoms with Gasteiger partial charge in [-0.1, -0.05) is 12.1 Å². The Balaban J connectivity index is 1.39. The number of ether oxygens (including phenoxy) is 1. The van der Waals surface area contributed by atoms with Crippen molar-refractivity contribution >= 4 is 40.5 Å². The van der Waals surface area contributed by atoms with Crippen LogP contribution in [0.15, 0.2) is 57.6 Å². The molecule has 9 heteroatoms. The Bertz CT molecular complexity index is 1130. The number of furan rings is 2. The molecule has 0 unspecified atom stereocenters. The van der Waals surface area contributed by atoms with Crippen LogP contribution in [0.2, 0.25) is 0 Å². The van der Waals surface area contributed by atoms with Gasteiger partial charge in [-0.25, -0.2) is 0 Å². The molecule has 0 saturated carbocycles. The Morgan fingerprint density at radius 2 is 1.88 bits per heavy atom. The minimum Gasteiger partial charge on any atom is -0.465 e. The first kappa shape index (κ1) is 21.4. The molecule has 3 aromatic rings. The second-order valence-corrected chi connectivity index (χ2v) is 7.14. The highest BCUT2D eigenvalue weighted by Gasteiger charge is 2.27. The van der Waals surface area contributed by atoms with Crippen LogP contribution < -0.4 is 10.6 Å². The van der Waals surface area contributed by atoms with Gasteiger partial charge in [0, 0.05) is 37.5 Å². The lowest BCUT2D eigenvalue weighted by molar-refractivity contribution is -0.117. The van der Waals surface area contributed by atoms with Gasteiger partial charge in [0.1, 0.15) is 17.0 Å². The maximum Gasteiger partial charge on any atom is 0.291 e. The van der Waals surface area contributed by atoms with Crippen molar-refractivity contribution in [2.45, 2.75) is 6.42 Å². The number of anilines is 1. The third kappa shape index (κ3) is 5.06. The van der Waals surface area contributed by atoms with Gasteiger partial charge in [-0.15, -0.1) is 0 Å². The number of nitrogens with one attached hydrogen (secondary N) is 2. The zero-order valence-corrected chi connectivity index (χ0v) is 17.3. The summed E-state index contributed by atoms with van der Waals surface area (Å²) in [6.45, 7) is 1.97. The normalized spacial score (nSPS) is 14.1. The summed E-state index contributed by atoms with van der Waals surface area (Å²) in [7, 11) is 0. The summed E-state index contributed by atoms with van der Waals surface area (Å²) in [4.78, 5) is 39.1. The van der Waals surface area contributed by atoms with Crippen LogP contribution in [0.5, 0.6) is 0 Å². The van der Waals surface area contributed by atoms with Gasteiger partial charge in [0.15, 0.2) is 0 Å². The van der Waals surface area contributed by atoms with Crippen LogP contribution in [-0.2, 0) is 14.3 Å². The number of fused-ring (bicyclic) bond motifs is 1. The van der Waals surface area contributed by atoms with Gasteiger partial charge in [0.05, 0.1) is 19.5 Å². The number of carbonyl (C=O) groups is 3. The van der Waals surface area contributed by atoms with E-state index in [-0.39, 0.29) is 36.4 Å². The molecule has 0 radical (unpaired) electrons. The van der Waals surface area contributed by atoms with E-state index in [0.29, 0.717) is 48.7 Å². The van der Waals surface area contributed by atoms with Gasteiger partial charge in [0.25, 0.3) is 5.91 Å². The van der Waals surface area contributed by atoms with E-state index in [2.05, 4.69) is 10.6 Å². The number of morpholine rings is 1. The van der Waals surface area contributed by atoms with Crippen molar-refractivity contribution in [3.8, 4) is 0 Å². The maximum atomic E-state index is 13.0. The molecule has 32 heavy (non-hydrogen) atoms. The van der Waals surface area contributed by atoms with Crippen LogP contribution >= 0.6 is 0 Å². The summed E-state index contributed by atoms with van der Waals surface area (Å²) in [5.41, 5.74) is 0.849. The van der Waals surface area contributed by atoms with Gasteiger partial charge in [-0.05, 0) is 30.3 Å². The van der Waals surface area contributed by atoms with E-state index in [0.717, 1.165) is 0 Å². The van der Waals surface area contributed by atoms with Crippen LogP contribution in [-0.4, -0.2) is 55.5 Å². The van der Waals surface area contributed by atoms with E-state index in [1.165, 1.54) is 18.4 Å². The number of hydrogen-bond acceptors (Lipinski definition) is 6. The number of para-hydroxylation sites is 1. The molecule has 0 bridgehead atoms. The Labute approximate surface area is 184 Å². The molecule has 1 saturated heterocycles. The second kappa shape index (κ2) is 9.97. The molecule has 0 aliphatic carbocycles. The fraction of sp³-hybridized carbons (Fsp3) is 0.261. The summed E-state index contributed by atoms with van der Waals surface area (Å²) in [5.74, 6) is -0.334. The van der Waals surface area contributed by atoms with Crippen molar-refractivity contribution in [3.63, 3.8) is 0 Å². The first-order valence-corrected chi connectivity index (χ1v) is 10.3. The molecule has 1 aliphatic rings. The number of hydrogen-bond donors (Lipinski definition) is 2. The summed E-state index contributed by atoms with van der Waals surface area (Å²) in [5, 5.41) is 6.07. The largest absolute Gasteiger partial charge is 0.465 e. The van der Waals surface area contributed by atoms with E-state index in [4.69, 9.17) is 13.6 Å². The van der Waals surface area contributed by atoms with Crippen LogP contribution in [0.3, 0.4) is 0 Å². The minimum absolute atomic E-state index is 0.0328. The molecule has 1 aliphatic heterocycles. The molecule has 166 valence electrons. The van der Waals surface area contributed by atoms with Gasteiger partial charge < -0.3 is 29.1 Å². The van der Waals surface area contributed by atoms with Crippen molar-refractivity contribution in [2.75, 3.05) is 38.2 Å². The average Bonchev–Trinajstić information content (AvgIpc) is 3.46. The predicted molar refractivity (Wildman–Crippen MR) is 117 cm³/mol. The third-order valence-corrected chi connectivity index (χ3v) is 4.95. The molecule has 3 amide bonds. The van der Waals surface area contributed by atoms with E-state index in [9.17, 15) is 14.4 Å². The molecule has 3 heterocycles. The lowest BCUT2D eigenvalue weighted by Gasteiger charge is -2.26. The third-order valence-electron chi connectivity index (χ3n) is 4.95. The van der Waals surface area contributed by atoms with Crippen LogP contribution in [0.25, 0.3) is 17.0 Å². The van der Waals surface area contributed by atoms with Crippen LogP contribution in [0.1, 0.15) is 22.7 Å². The first-order valence-electron chi connectivity index (χ1n) is 10.3. The van der Waals surface area contributed by atoms with E-state index in [1.54, 1.807) is 35.2 Å². The molecule has 4 rings (SSSR count). The number of amides is 3. The number of benzene rings is 1. The topological polar surface area (TPSA) is 114 Å². The maximum absolute atomic E-state index is 13.0. The fourth-order valence-corrected chi connectivity index (χ4v) is 3.33. The molecular weight excluding hydrogens is 414 g/mol. The minimum atomic E-state index is -0.345. The van der Waals surface area contributed by atoms with Crippen LogP contribution in [0.4, 0.5) is 5.69 Å². The Hall–Kier alpha value is -3.85. The summed E-state index contributed by atoms with van der Waals surface area (Å²) < 4.78 is 16.2. The van der Waals surface area contributed by atoms with Crippen molar-refractivity contribution in [3.05, 3.63) is 60.3 Å². The highest BCUT2D eigenvalue weighted by atomic mass is 16.5. The second-order valence-electron chi connectivity index (χ2n) is 7.14. The summed E-state index contributed by atoms with van der Waals surface area (Å²) >= 11 is 0. The Kier molecular flexibility index (Phi) is 6.66. The van der Waals surface area contributed by atoms with Gasteiger partial charge in [-0.2, -0.15) is 0 Å². The molecule has 9 nitrogen and oxygen atoms in total. The van der Waals surface area contributed by atoms with E-state index >= 15 is 0 Å². The molecular formula is C23H23N3O6. The van der Waals surface area contributed by atoms with Crippen molar-refractivity contribution in [2.24, 2.45) is 0 Å². The monoisotopic (exact) mass is 437 g/mol. The fourth-order valence-electron chi connectivity index (χ4n) is 3.33. The zero-order valence-electron chi connectivity index (χ0n) is 17.3.